The first-order chi connectivity index (χ1) is 13.6. The van der Waals surface area contributed by atoms with Crippen LogP contribution in [-0.4, -0.2) is 52.2 Å². The van der Waals surface area contributed by atoms with E-state index in [9.17, 15) is 9.35 Å². The summed E-state index contributed by atoms with van der Waals surface area (Å²) >= 11 is -0.0874. The van der Waals surface area contributed by atoms with E-state index in [-0.39, 0.29) is 6.61 Å². The predicted octanol–water partition coefficient (Wildman–Crippen LogP) is 3.75. The van der Waals surface area contributed by atoms with E-state index in [0.29, 0.717) is 22.0 Å². The molecule has 2 heterocycles. The van der Waals surface area contributed by atoms with Crippen molar-refractivity contribution >= 4 is 41.1 Å². The van der Waals surface area contributed by atoms with Crippen molar-refractivity contribution in [2.45, 2.75) is 42.4 Å². The molecular weight excluding hydrogens is 408 g/mol. The lowest BCUT2D eigenvalue weighted by molar-refractivity contribution is 0.0521. The highest BCUT2D eigenvalue weighted by Crippen LogP contribution is 2.34. The van der Waals surface area contributed by atoms with Crippen molar-refractivity contribution in [2.24, 2.45) is 4.40 Å². The Kier molecular flexibility index (Phi) is 8.06. The standard InChI is InChI=1S/C20H26N4O3S2/c1-7-27-19(25)14-9-8-11-22-18(14)28-16-10-12-21-17(24(5)6)15(16)13-23-29(26)20(2,3)4/h8-13H,7H2,1-6H3. The molecule has 0 saturated heterocycles. The minimum Gasteiger partial charge on any atom is -0.591 e. The summed E-state index contributed by atoms with van der Waals surface area (Å²) in [6, 6.07) is 5.20. The Bertz CT molecular complexity index is 882. The third kappa shape index (κ3) is 6.19. The van der Waals surface area contributed by atoms with Crippen LogP contribution >= 0.6 is 11.8 Å². The molecule has 2 aromatic rings. The number of carbonyl (C=O) groups is 1. The molecule has 1 unspecified atom stereocenters. The van der Waals surface area contributed by atoms with Gasteiger partial charge in [-0.1, -0.05) is 16.2 Å². The minimum atomic E-state index is -1.40. The molecule has 0 spiro atoms. The molecule has 0 N–H and O–H groups in total. The Morgan fingerprint density at radius 1 is 1.31 bits per heavy atom. The number of hydrogen-bond acceptors (Lipinski definition) is 8. The minimum absolute atomic E-state index is 0.286. The summed E-state index contributed by atoms with van der Waals surface area (Å²) in [5.74, 6) is 0.257. The molecule has 2 aromatic heterocycles. The van der Waals surface area contributed by atoms with E-state index >= 15 is 0 Å². The van der Waals surface area contributed by atoms with Crippen LogP contribution in [0.3, 0.4) is 0 Å². The van der Waals surface area contributed by atoms with Gasteiger partial charge >= 0.3 is 5.97 Å². The predicted molar refractivity (Wildman–Crippen MR) is 118 cm³/mol. The van der Waals surface area contributed by atoms with Gasteiger partial charge in [0, 0.05) is 31.4 Å². The Balaban J connectivity index is 2.48. The number of ether oxygens (including phenoxy) is 1. The van der Waals surface area contributed by atoms with Crippen LogP contribution < -0.4 is 4.90 Å². The number of hydrogen-bond donors (Lipinski definition) is 0. The van der Waals surface area contributed by atoms with Gasteiger partial charge < -0.3 is 14.2 Å². The molecule has 29 heavy (non-hydrogen) atoms. The number of carbonyl (C=O) groups excluding carboxylic acids is 1. The highest BCUT2D eigenvalue weighted by Gasteiger charge is 2.26. The molecule has 0 aliphatic heterocycles. The number of aromatic nitrogens is 2. The fourth-order valence-corrected chi connectivity index (χ4v) is 3.69. The average molecular weight is 435 g/mol. The maximum absolute atomic E-state index is 12.4. The van der Waals surface area contributed by atoms with Crippen molar-refractivity contribution < 1.29 is 14.1 Å². The summed E-state index contributed by atoms with van der Waals surface area (Å²) < 4.78 is 21.3. The van der Waals surface area contributed by atoms with Gasteiger partial charge in [-0.2, -0.15) is 0 Å². The molecule has 0 amide bonds. The Labute approximate surface area is 179 Å². The van der Waals surface area contributed by atoms with Crippen molar-refractivity contribution in [2.75, 3.05) is 25.6 Å². The third-order valence-corrected chi connectivity index (χ3v) is 6.07. The van der Waals surface area contributed by atoms with Crippen LogP contribution in [0.25, 0.3) is 0 Å². The van der Waals surface area contributed by atoms with Gasteiger partial charge in [-0.05, 0) is 45.9 Å². The number of nitrogens with zero attached hydrogens (tertiary/aromatic N) is 4. The number of anilines is 1. The second-order valence-corrected chi connectivity index (χ2v) is 10.2. The van der Waals surface area contributed by atoms with E-state index in [2.05, 4.69) is 14.4 Å². The van der Waals surface area contributed by atoms with Crippen LogP contribution in [0.1, 0.15) is 43.6 Å². The SMILES string of the molecule is CCOC(=O)c1cccnc1Sc1ccnc(N(C)C)c1C=N[S+]([O-])C(C)(C)C. The van der Waals surface area contributed by atoms with Crippen molar-refractivity contribution in [3.05, 3.63) is 41.7 Å². The Morgan fingerprint density at radius 2 is 2.03 bits per heavy atom. The van der Waals surface area contributed by atoms with E-state index in [1.54, 1.807) is 37.7 Å². The van der Waals surface area contributed by atoms with Gasteiger partial charge in [0.2, 0.25) is 0 Å². The summed E-state index contributed by atoms with van der Waals surface area (Å²) in [6.07, 6.45) is 4.89. The van der Waals surface area contributed by atoms with Gasteiger partial charge in [-0.3, -0.25) is 0 Å². The van der Waals surface area contributed by atoms with Crippen LogP contribution in [0.15, 0.2) is 44.9 Å². The molecule has 9 heteroatoms. The Morgan fingerprint density at radius 3 is 2.66 bits per heavy atom. The first kappa shape index (κ1) is 23.2. The van der Waals surface area contributed by atoms with Gasteiger partial charge in [0.15, 0.2) is 0 Å². The highest BCUT2D eigenvalue weighted by atomic mass is 32.2. The van der Waals surface area contributed by atoms with E-state index in [4.69, 9.17) is 4.74 Å². The molecule has 0 aliphatic carbocycles. The van der Waals surface area contributed by atoms with Gasteiger partial charge in [0.25, 0.3) is 0 Å². The molecule has 156 valence electrons. The lowest BCUT2D eigenvalue weighted by atomic mass is 10.2. The second-order valence-electron chi connectivity index (χ2n) is 7.22. The Hall–Kier alpha value is -2.10. The normalized spacial score (nSPS) is 12.8. The molecule has 0 saturated carbocycles. The average Bonchev–Trinajstić information content (AvgIpc) is 2.66. The number of esters is 1. The summed E-state index contributed by atoms with van der Waals surface area (Å²) in [5, 5.41) is 0.522. The van der Waals surface area contributed by atoms with Crippen molar-refractivity contribution in [3.63, 3.8) is 0 Å². The van der Waals surface area contributed by atoms with Gasteiger partial charge in [0.1, 0.15) is 27.0 Å². The topological polar surface area (TPSA) is 90.7 Å². The fraction of sp³-hybridized carbons (Fsp3) is 0.400. The van der Waals surface area contributed by atoms with E-state index in [1.807, 2.05) is 45.8 Å². The smallest absolute Gasteiger partial charge is 0.340 e. The maximum Gasteiger partial charge on any atom is 0.340 e. The largest absolute Gasteiger partial charge is 0.591 e. The van der Waals surface area contributed by atoms with E-state index < -0.39 is 22.1 Å². The van der Waals surface area contributed by atoms with Crippen LogP contribution in [0.5, 0.6) is 0 Å². The second kappa shape index (κ2) is 10.1. The van der Waals surface area contributed by atoms with Crippen molar-refractivity contribution in [1.29, 1.82) is 0 Å². The fourth-order valence-electron chi connectivity index (χ4n) is 2.21. The zero-order valence-corrected chi connectivity index (χ0v) is 19.1. The van der Waals surface area contributed by atoms with Gasteiger partial charge in [-0.15, -0.1) is 0 Å². The lowest BCUT2D eigenvalue weighted by Crippen LogP contribution is -2.26. The highest BCUT2D eigenvalue weighted by molar-refractivity contribution is 7.99. The zero-order chi connectivity index (χ0) is 21.6. The zero-order valence-electron chi connectivity index (χ0n) is 17.5. The first-order valence-electron chi connectivity index (χ1n) is 9.07. The molecule has 7 nitrogen and oxygen atoms in total. The van der Waals surface area contributed by atoms with Crippen molar-refractivity contribution in [1.82, 2.24) is 9.97 Å². The van der Waals surface area contributed by atoms with Crippen LogP contribution in [0.4, 0.5) is 5.82 Å². The quantitative estimate of drug-likeness (QED) is 0.372. The van der Waals surface area contributed by atoms with Gasteiger partial charge in [-0.25, -0.2) is 14.8 Å². The van der Waals surface area contributed by atoms with E-state index in [0.717, 1.165) is 4.90 Å². The van der Waals surface area contributed by atoms with Crippen molar-refractivity contribution in [3.8, 4) is 0 Å². The molecule has 0 radical (unpaired) electrons. The lowest BCUT2D eigenvalue weighted by Gasteiger charge is -2.19. The molecular formula is C20H26N4O3S2. The monoisotopic (exact) mass is 434 g/mol. The molecule has 2 rings (SSSR count). The summed E-state index contributed by atoms with van der Waals surface area (Å²) in [5.41, 5.74) is 1.10. The summed E-state index contributed by atoms with van der Waals surface area (Å²) in [4.78, 5) is 23.7. The molecule has 0 bridgehead atoms. The number of rotatable bonds is 7. The maximum atomic E-state index is 12.4. The summed E-state index contributed by atoms with van der Waals surface area (Å²) in [6.45, 7) is 7.65. The molecule has 1 atom stereocenters. The van der Waals surface area contributed by atoms with Crippen LogP contribution in [-0.2, 0) is 16.1 Å². The molecule has 0 aromatic carbocycles. The van der Waals surface area contributed by atoms with E-state index in [1.165, 1.54) is 11.8 Å². The van der Waals surface area contributed by atoms with Crippen LogP contribution in [0.2, 0.25) is 0 Å². The third-order valence-electron chi connectivity index (χ3n) is 3.63. The van der Waals surface area contributed by atoms with Gasteiger partial charge in [0.05, 0.1) is 23.9 Å². The number of pyridine rings is 2. The first-order valence-corrected chi connectivity index (χ1v) is 11.0. The van der Waals surface area contributed by atoms with Crippen LogP contribution in [0, 0.1) is 0 Å². The molecule has 0 fully saturated rings. The molecule has 0 aliphatic rings. The summed E-state index contributed by atoms with van der Waals surface area (Å²) in [7, 11) is 3.75.